The van der Waals surface area contributed by atoms with Gasteiger partial charge in [-0.1, -0.05) is 12.1 Å². The van der Waals surface area contributed by atoms with Crippen LogP contribution in [0.3, 0.4) is 0 Å². The Hall–Kier alpha value is -2.75. The van der Waals surface area contributed by atoms with Gasteiger partial charge in [0.05, 0.1) is 5.71 Å². The van der Waals surface area contributed by atoms with Crippen molar-refractivity contribution < 1.29 is 13.9 Å². The second-order valence-corrected chi connectivity index (χ2v) is 4.23. The number of benzene rings is 2. The average molecular weight is 267 g/mol. The second kappa shape index (κ2) is 5.09. The Morgan fingerprint density at radius 1 is 0.950 bits per heavy atom. The molecular weight excluding hydrogens is 257 g/mol. The highest BCUT2D eigenvalue weighted by Crippen LogP contribution is 2.29. The molecule has 98 valence electrons. The van der Waals surface area contributed by atoms with Gasteiger partial charge in [-0.3, -0.25) is 0 Å². The van der Waals surface area contributed by atoms with Crippen LogP contribution in [0.25, 0.3) is 0 Å². The molecule has 0 saturated heterocycles. The molecule has 0 spiro atoms. The van der Waals surface area contributed by atoms with E-state index in [0.29, 0.717) is 17.1 Å². The second-order valence-electron chi connectivity index (χ2n) is 4.23. The average Bonchev–Trinajstić information content (AvgIpc) is 2.44. The molecule has 0 bridgehead atoms. The van der Waals surface area contributed by atoms with Crippen LogP contribution in [0.4, 0.5) is 10.1 Å². The molecule has 0 saturated carbocycles. The zero-order chi connectivity index (χ0) is 13.9. The quantitative estimate of drug-likeness (QED) is 0.586. The molecular formula is C16H10FNO2. The predicted molar refractivity (Wildman–Crippen MR) is 73.8 cm³/mol. The number of rotatable bonds is 1. The van der Waals surface area contributed by atoms with Gasteiger partial charge in [-0.15, -0.1) is 0 Å². The molecule has 3 nitrogen and oxygen atoms in total. The third-order valence-corrected chi connectivity index (χ3v) is 2.83. The zero-order valence-corrected chi connectivity index (χ0v) is 10.4. The third-order valence-electron chi connectivity index (χ3n) is 2.83. The fourth-order valence-corrected chi connectivity index (χ4v) is 1.87. The summed E-state index contributed by atoms with van der Waals surface area (Å²) in [5.41, 5.74) is 1.87. The highest BCUT2D eigenvalue weighted by Gasteiger charge is 2.11. The molecule has 1 heterocycles. The van der Waals surface area contributed by atoms with Gasteiger partial charge in [0.1, 0.15) is 11.5 Å². The summed E-state index contributed by atoms with van der Waals surface area (Å²) in [4.78, 5) is 16.1. The lowest BCUT2D eigenvalue weighted by Gasteiger charge is -2.10. The molecule has 0 aliphatic carbocycles. The summed E-state index contributed by atoms with van der Waals surface area (Å²) in [6.07, 6.45) is 2.86. The van der Waals surface area contributed by atoms with Crippen molar-refractivity contribution in [2.45, 2.75) is 0 Å². The van der Waals surface area contributed by atoms with Gasteiger partial charge in [0, 0.05) is 11.6 Å². The number of aliphatic imine (C=N–C) groups is 1. The number of para-hydroxylation sites is 2. The van der Waals surface area contributed by atoms with Crippen LogP contribution >= 0.6 is 0 Å². The Bertz CT molecular complexity index is 718. The number of hydrogen-bond acceptors (Lipinski definition) is 3. The van der Waals surface area contributed by atoms with E-state index in [-0.39, 0.29) is 5.82 Å². The molecule has 20 heavy (non-hydrogen) atoms. The number of halogens is 1. The standard InChI is InChI=1S/C16H10FNO2/c17-12-7-5-11(6-8-12)13-9-10-16(19)20-15-4-2-1-3-14(15)18-13/h1-10H/b10-9-,18-13?. The van der Waals surface area contributed by atoms with Crippen LogP contribution < -0.4 is 4.74 Å². The van der Waals surface area contributed by atoms with E-state index < -0.39 is 5.97 Å². The predicted octanol–water partition coefficient (Wildman–Crippen LogP) is 3.42. The van der Waals surface area contributed by atoms with E-state index in [1.807, 2.05) is 6.07 Å². The highest BCUT2D eigenvalue weighted by atomic mass is 19.1. The first-order chi connectivity index (χ1) is 9.72. The molecule has 0 fully saturated rings. The van der Waals surface area contributed by atoms with Gasteiger partial charge >= 0.3 is 5.97 Å². The highest BCUT2D eigenvalue weighted by molar-refractivity contribution is 6.12. The lowest BCUT2D eigenvalue weighted by atomic mass is 10.1. The van der Waals surface area contributed by atoms with Gasteiger partial charge in [0.25, 0.3) is 0 Å². The minimum atomic E-state index is -0.466. The Labute approximate surface area is 115 Å². The van der Waals surface area contributed by atoms with E-state index >= 15 is 0 Å². The summed E-state index contributed by atoms with van der Waals surface area (Å²) in [6, 6.07) is 13.0. The van der Waals surface area contributed by atoms with E-state index in [4.69, 9.17) is 4.74 Å². The molecule has 0 unspecified atom stereocenters. The van der Waals surface area contributed by atoms with Crippen LogP contribution in [0, 0.1) is 5.82 Å². The molecule has 0 atom stereocenters. The maximum atomic E-state index is 13.0. The molecule has 2 aromatic rings. The Morgan fingerprint density at radius 2 is 1.70 bits per heavy atom. The summed E-state index contributed by atoms with van der Waals surface area (Å²) in [7, 11) is 0. The smallest absolute Gasteiger partial charge is 0.336 e. The maximum absolute atomic E-state index is 13.0. The fourth-order valence-electron chi connectivity index (χ4n) is 1.87. The molecule has 2 aromatic carbocycles. The summed E-state index contributed by atoms with van der Waals surface area (Å²) in [5, 5.41) is 0. The molecule has 1 aliphatic heterocycles. The molecule has 0 aromatic heterocycles. The first-order valence-corrected chi connectivity index (χ1v) is 6.06. The van der Waals surface area contributed by atoms with Crippen LogP contribution in [-0.4, -0.2) is 11.7 Å². The van der Waals surface area contributed by atoms with Crippen molar-refractivity contribution in [1.82, 2.24) is 0 Å². The van der Waals surface area contributed by atoms with Crippen molar-refractivity contribution >= 4 is 17.4 Å². The van der Waals surface area contributed by atoms with Gasteiger partial charge in [0.15, 0.2) is 5.75 Å². The molecule has 3 rings (SSSR count). The van der Waals surface area contributed by atoms with Crippen molar-refractivity contribution in [3.8, 4) is 5.75 Å². The van der Waals surface area contributed by atoms with Crippen molar-refractivity contribution in [2.75, 3.05) is 0 Å². The van der Waals surface area contributed by atoms with E-state index in [2.05, 4.69) is 4.99 Å². The van der Waals surface area contributed by atoms with Crippen molar-refractivity contribution in [1.29, 1.82) is 0 Å². The molecule has 0 radical (unpaired) electrons. The van der Waals surface area contributed by atoms with Crippen molar-refractivity contribution in [3.63, 3.8) is 0 Å². The fraction of sp³-hybridized carbons (Fsp3) is 0. The van der Waals surface area contributed by atoms with Crippen LogP contribution in [-0.2, 0) is 4.79 Å². The van der Waals surface area contributed by atoms with Gasteiger partial charge in [-0.25, -0.2) is 14.2 Å². The minimum Gasteiger partial charge on any atom is -0.421 e. The first kappa shape index (κ1) is 12.3. The van der Waals surface area contributed by atoms with E-state index in [1.54, 1.807) is 36.4 Å². The topological polar surface area (TPSA) is 38.7 Å². The maximum Gasteiger partial charge on any atom is 0.336 e. The van der Waals surface area contributed by atoms with Crippen LogP contribution in [0.15, 0.2) is 65.7 Å². The van der Waals surface area contributed by atoms with Crippen molar-refractivity contribution in [2.24, 2.45) is 4.99 Å². The Kier molecular flexibility index (Phi) is 3.13. The SMILES string of the molecule is O=C1/C=C\C(c2ccc(F)cc2)=Nc2ccccc2O1. The first-order valence-electron chi connectivity index (χ1n) is 6.06. The molecule has 1 aliphatic rings. The lowest BCUT2D eigenvalue weighted by molar-refractivity contribution is -0.128. The summed E-state index contributed by atoms with van der Waals surface area (Å²) in [5.74, 6) is -0.377. The van der Waals surface area contributed by atoms with Crippen LogP contribution in [0.2, 0.25) is 0 Å². The van der Waals surface area contributed by atoms with E-state index in [1.165, 1.54) is 18.2 Å². The van der Waals surface area contributed by atoms with Gasteiger partial charge in [-0.2, -0.15) is 0 Å². The zero-order valence-electron chi connectivity index (χ0n) is 10.4. The molecule has 0 N–H and O–H groups in total. The number of esters is 1. The van der Waals surface area contributed by atoms with Gasteiger partial charge < -0.3 is 4.74 Å². The number of ether oxygens (including phenoxy) is 1. The monoisotopic (exact) mass is 267 g/mol. The molecule has 4 heteroatoms. The number of carbonyl (C=O) groups excluding carboxylic acids is 1. The number of carbonyl (C=O) groups is 1. The lowest BCUT2D eigenvalue weighted by Crippen LogP contribution is -2.08. The Balaban J connectivity index is 2.12. The third kappa shape index (κ3) is 2.49. The number of allylic oxidation sites excluding steroid dienone is 1. The summed E-state index contributed by atoms with van der Waals surface area (Å²) in [6.45, 7) is 0. The number of nitrogens with zero attached hydrogens (tertiary/aromatic N) is 1. The van der Waals surface area contributed by atoms with Crippen molar-refractivity contribution in [3.05, 3.63) is 72.1 Å². The van der Waals surface area contributed by atoms with Gasteiger partial charge in [0.2, 0.25) is 0 Å². The van der Waals surface area contributed by atoms with E-state index in [9.17, 15) is 9.18 Å². The number of fused-ring (bicyclic) bond motifs is 1. The Morgan fingerprint density at radius 3 is 2.50 bits per heavy atom. The number of hydrogen-bond donors (Lipinski definition) is 0. The van der Waals surface area contributed by atoms with Gasteiger partial charge in [-0.05, 0) is 42.5 Å². The van der Waals surface area contributed by atoms with Crippen LogP contribution in [0.1, 0.15) is 5.56 Å². The molecule has 0 amide bonds. The summed E-state index contributed by atoms with van der Waals surface area (Å²) >= 11 is 0. The summed E-state index contributed by atoms with van der Waals surface area (Å²) < 4.78 is 18.1. The normalized spacial score (nSPS) is 15.4. The minimum absolute atomic E-state index is 0.316. The van der Waals surface area contributed by atoms with E-state index in [0.717, 1.165) is 5.56 Å². The largest absolute Gasteiger partial charge is 0.421 e. The van der Waals surface area contributed by atoms with Crippen LogP contribution in [0.5, 0.6) is 5.75 Å².